The Morgan fingerprint density at radius 3 is 1.94 bits per heavy atom. The molecule has 9 aromatic rings. The fourth-order valence-corrected chi connectivity index (χ4v) is 10.3. The molecule has 0 fully saturated rings. The van der Waals surface area contributed by atoms with Gasteiger partial charge in [-0.1, -0.05) is 166 Å². The van der Waals surface area contributed by atoms with E-state index in [4.69, 9.17) is 0 Å². The fraction of sp³-hybridized carbons (Fsp3) is 0.121. The average Bonchev–Trinajstić information content (AvgIpc) is 3.83. The van der Waals surface area contributed by atoms with Gasteiger partial charge in [0.25, 0.3) is 0 Å². The van der Waals surface area contributed by atoms with Gasteiger partial charge in [0, 0.05) is 56.0 Å². The van der Waals surface area contributed by atoms with Gasteiger partial charge in [-0.05, 0) is 163 Å². The van der Waals surface area contributed by atoms with Gasteiger partial charge in [0.1, 0.15) is 0 Å². The molecule has 0 saturated carbocycles. The first-order chi connectivity index (χ1) is 33.7. The van der Waals surface area contributed by atoms with Gasteiger partial charge < -0.3 is 14.4 Å². The van der Waals surface area contributed by atoms with Crippen LogP contribution in [0.1, 0.15) is 57.7 Å². The highest BCUT2D eigenvalue weighted by Crippen LogP contribution is 2.50. The summed E-state index contributed by atoms with van der Waals surface area (Å²) < 4.78 is 2.41. The summed E-state index contributed by atoms with van der Waals surface area (Å²) >= 11 is 0. The number of benzene rings is 8. The van der Waals surface area contributed by atoms with Crippen LogP contribution >= 0.6 is 0 Å². The highest BCUT2D eigenvalue weighted by molar-refractivity contribution is 6.10. The molecule has 1 aliphatic rings. The molecule has 338 valence electrons. The lowest BCUT2D eigenvalue weighted by molar-refractivity contribution is 0.654. The maximum atomic E-state index is 4.29. The van der Waals surface area contributed by atoms with Crippen molar-refractivity contribution < 1.29 is 0 Å². The minimum atomic E-state index is -0.232. The lowest BCUT2D eigenvalue weighted by Crippen LogP contribution is -2.18. The van der Waals surface area contributed by atoms with Crippen molar-refractivity contribution in [3.8, 4) is 27.9 Å². The Morgan fingerprint density at radius 1 is 0.580 bits per heavy atom. The summed E-state index contributed by atoms with van der Waals surface area (Å²) in [4.78, 5) is 4.83. The summed E-state index contributed by atoms with van der Waals surface area (Å²) in [6.07, 6.45) is 14.1. The second-order valence-corrected chi connectivity index (χ2v) is 18.5. The van der Waals surface area contributed by atoms with Crippen LogP contribution in [0.2, 0.25) is 0 Å². The molecule has 3 heteroatoms. The van der Waals surface area contributed by atoms with E-state index in [9.17, 15) is 0 Å². The van der Waals surface area contributed by atoms with Crippen molar-refractivity contribution in [2.75, 3.05) is 9.80 Å². The predicted octanol–water partition coefficient (Wildman–Crippen LogP) is 18.7. The molecular formula is C66H59N3. The molecule has 0 unspecified atom stereocenters. The van der Waals surface area contributed by atoms with Crippen LogP contribution in [0.15, 0.2) is 242 Å². The van der Waals surface area contributed by atoms with Gasteiger partial charge in [0.15, 0.2) is 0 Å². The zero-order valence-corrected chi connectivity index (χ0v) is 40.6. The number of anilines is 5. The number of nitrogens with zero attached hydrogens (tertiary/aromatic N) is 3. The lowest BCUT2D eigenvalue weighted by Gasteiger charge is -2.31. The maximum Gasteiger partial charge on any atom is 0.0541 e. The van der Waals surface area contributed by atoms with Crippen LogP contribution in [0.4, 0.5) is 28.4 Å². The van der Waals surface area contributed by atoms with Crippen LogP contribution in [-0.2, 0) is 5.41 Å². The van der Waals surface area contributed by atoms with Gasteiger partial charge in [0.2, 0.25) is 0 Å². The number of fused-ring (bicyclic) bond motifs is 4. The molecule has 0 aliphatic heterocycles. The Bertz CT molecular complexity index is 3470. The summed E-state index contributed by atoms with van der Waals surface area (Å²) in [5.41, 5.74) is 20.7. The molecular weight excluding hydrogens is 835 g/mol. The fourth-order valence-electron chi connectivity index (χ4n) is 10.3. The van der Waals surface area contributed by atoms with E-state index in [1.807, 2.05) is 6.08 Å². The minimum Gasteiger partial charge on any atom is -0.311 e. The highest BCUT2D eigenvalue weighted by atomic mass is 15.2. The van der Waals surface area contributed by atoms with Crippen molar-refractivity contribution in [1.82, 2.24) is 4.57 Å². The number of aromatic nitrogens is 1. The zero-order valence-electron chi connectivity index (χ0n) is 40.6. The maximum absolute atomic E-state index is 4.29. The topological polar surface area (TPSA) is 11.4 Å². The quantitative estimate of drug-likeness (QED) is 0.107. The van der Waals surface area contributed by atoms with Crippen molar-refractivity contribution in [3.05, 3.63) is 259 Å². The third-order valence-electron chi connectivity index (χ3n) is 13.8. The molecule has 0 spiro atoms. The molecule has 1 aromatic heterocycles. The number of hydrogen-bond acceptors (Lipinski definition) is 2. The zero-order chi connectivity index (χ0) is 47.6. The Labute approximate surface area is 408 Å². The minimum absolute atomic E-state index is 0.232. The molecule has 69 heavy (non-hydrogen) atoms. The van der Waals surface area contributed by atoms with Crippen molar-refractivity contribution in [2.24, 2.45) is 0 Å². The number of allylic oxidation sites excluding steroid dienone is 8. The first-order valence-electron chi connectivity index (χ1n) is 24.3. The first kappa shape index (κ1) is 44.7. The van der Waals surface area contributed by atoms with Crippen molar-refractivity contribution in [3.63, 3.8) is 0 Å². The monoisotopic (exact) mass is 893 g/mol. The molecule has 1 aliphatic carbocycles. The molecule has 0 radical (unpaired) electrons. The van der Waals surface area contributed by atoms with Crippen LogP contribution in [0.5, 0.6) is 0 Å². The normalized spacial score (nSPS) is 13.5. The van der Waals surface area contributed by atoms with Crippen LogP contribution in [0, 0.1) is 6.92 Å². The summed E-state index contributed by atoms with van der Waals surface area (Å²) in [6.45, 7) is 17.5. The Balaban J connectivity index is 1.20. The number of hydrogen-bond donors (Lipinski definition) is 0. The van der Waals surface area contributed by atoms with E-state index in [2.05, 4.69) is 281 Å². The number of aryl methyl sites for hydroxylation is 1. The van der Waals surface area contributed by atoms with Gasteiger partial charge in [-0.15, -0.1) is 0 Å². The van der Waals surface area contributed by atoms with Crippen molar-refractivity contribution in [2.45, 2.75) is 53.4 Å². The van der Waals surface area contributed by atoms with E-state index in [0.29, 0.717) is 0 Å². The Hall–Kier alpha value is -8.14. The molecule has 0 N–H and O–H groups in total. The molecule has 10 rings (SSSR count). The lowest BCUT2D eigenvalue weighted by atomic mass is 9.81. The van der Waals surface area contributed by atoms with Crippen LogP contribution in [0.3, 0.4) is 0 Å². The standard InChI is InChI=1S/C66H59N3/c1-8-12-24-51(10-3)67(53-34-29-46(5)30-35-53)56-41-50(42-57(44-56)68(52-25-17-14-18-26-52)55-38-39-59-58(21-9-2)62(11-4)66(6,7)63(59)45-55)49-33-40-65-61(43-49)60-27-19-20-28-64(60)69(65)54-36-31-48(32-37-54)47-22-15-13-16-23-47/h9-45H,4,8H2,1-3,5-7H3/b21-9-,24-12-,51-10+. The van der Waals surface area contributed by atoms with Crippen molar-refractivity contribution >= 4 is 55.8 Å². The van der Waals surface area contributed by atoms with Gasteiger partial charge in [0.05, 0.1) is 11.0 Å². The average molecular weight is 894 g/mol. The molecule has 0 atom stereocenters. The number of para-hydroxylation sites is 2. The van der Waals surface area contributed by atoms with Gasteiger partial charge in [-0.2, -0.15) is 0 Å². The smallest absolute Gasteiger partial charge is 0.0541 e. The third kappa shape index (κ3) is 8.25. The summed E-state index contributed by atoms with van der Waals surface area (Å²) in [5, 5.41) is 2.43. The predicted molar refractivity (Wildman–Crippen MR) is 298 cm³/mol. The van der Waals surface area contributed by atoms with E-state index in [-0.39, 0.29) is 5.41 Å². The second kappa shape index (κ2) is 18.9. The van der Waals surface area contributed by atoms with E-state index < -0.39 is 0 Å². The van der Waals surface area contributed by atoms with E-state index in [1.54, 1.807) is 0 Å². The SMILES string of the molecule is C=CC1=C(/C=C\C)c2ccc(N(c3ccccc3)c3cc(-c4ccc5c(c4)c4ccccc4n5-c4ccc(-c5ccccc5)cc4)cc(N(C(/C=C\CC)=C/C)c4ccc(C)cc4)c3)cc2C1(C)C. The summed E-state index contributed by atoms with van der Waals surface area (Å²) in [6, 6.07) is 69.2. The van der Waals surface area contributed by atoms with Crippen molar-refractivity contribution in [1.29, 1.82) is 0 Å². The Morgan fingerprint density at radius 2 is 1.23 bits per heavy atom. The molecule has 1 heterocycles. The van der Waals surface area contributed by atoms with E-state index >= 15 is 0 Å². The van der Waals surface area contributed by atoms with Crippen LogP contribution < -0.4 is 9.80 Å². The number of rotatable bonds is 13. The molecule has 0 amide bonds. The van der Waals surface area contributed by atoms with E-state index in [1.165, 1.54) is 60.8 Å². The molecule has 0 bridgehead atoms. The first-order valence-corrected chi connectivity index (χ1v) is 24.3. The van der Waals surface area contributed by atoms with E-state index in [0.717, 1.165) is 57.4 Å². The Kier molecular flexibility index (Phi) is 12.2. The van der Waals surface area contributed by atoms with Crippen LogP contribution in [-0.4, -0.2) is 4.57 Å². The molecule has 8 aromatic carbocycles. The summed E-state index contributed by atoms with van der Waals surface area (Å²) in [5.74, 6) is 0. The summed E-state index contributed by atoms with van der Waals surface area (Å²) in [7, 11) is 0. The second-order valence-electron chi connectivity index (χ2n) is 18.5. The molecule has 3 nitrogen and oxygen atoms in total. The highest BCUT2D eigenvalue weighted by Gasteiger charge is 2.36. The third-order valence-corrected chi connectivity index (χ3v) is 13.8. The van der Waals surface area contributed by atoms with Gasteiger partial charge in [-0.25, -0.2) is 0 Å². The largest absolute Gasteiger partial charge is 0.311 e. The van der Waals surface area contributed by atoms with Gasteiger partial charge >= 0.3 is 0 Å². The molecule has 0 saturated heterocycles. The van der Waals surface area contributed by atoms with Gasteiger partial charge in [-0.3, -0.25) is 0 Å². The van der Waals surface area contributed by atoms with Crippen LogP contribution in [0.25, 0.3) is 55.3 Å².